The maximum Gasteiger partial charge on any atom is 0.418 e. The van der Waals surface area contributed by atoms with Crippen molar-refractivity contribution in [2.24, 2.45) is 4.99 Å². The first-order valence-electron chi connectivity index (χ1n) is 5.39. The number of aromatic nitrogens is 1. The van der Waals surface area contributed by atoms with Crippen LogP contribution in [0.3, 0.4) is 0 Å². The second-order valence-corrected chi connectivity index (χ2v) is 4.60. The average Bonchev–Trinajstić information content (AvgIpc) is 2.40. The summed E-state index contributed by atoms with van der Waals surface area (Å²) in [7, 11) is 0. The van der Waals surface area contributed by atoms with E-state index in [2.05, 4.69) is 9.98 Å². The highest BCUT2D eigenvalue weighted by atomic mass is 35.5. The molecule has 7 heteroatoms. The Morgan fingerprint density at radius 2 is 1.95 bits per heavy atom. The molecule has 0 bridgehead atoms. The first-order valence-corrected chi connectivity index (χ1v) is 6.15. The summed E-state index contributed by atoms with van der Waals surface area (Å²) in [5, 5.41) is -0.0975. The number of hydrogen-bond donors (Lipinski definition) is 0. The molecule has 20 heavy (non-hydrogen) atoms. The molecular formula is C13H7Cl2F3N2. The minimum absolute atomic E-state index is 0.0197. The van der Waals surface area contributed by atoms with Crippen LogP contribution in [0.2, 0.25) is 5.02 Å². The SMILES string of the molecule is FC(F)(F)c1cc(Cl)ccc1N=C(Cl)c1cccnc1. The molecule has 2 nitrogen and oxygen atoms in total. The first-order chi connectivity index (χ1) is 9.38. The molecule has 104 valence electrons. The predicted octanol–water partition coefficient (Wildman–Crippen LogP) is 5.07. The van der Waals surface area contributed by atoms with Crippen molar-refractivity contribution in [3.05, 3.63) is 58.9 Å². The molecule has 0 atom stereocenters. The summed E-state index contributed by atoms with van der Waals surface area (Å²) in [6.07, 6.45) is -1.62. The normalized spacial score (nSPS) is 12.6. The van der Waals surface area contributed by atoms with Crippen LogP contribution in [-0.4, -0.2) is 10.2 Å². The summed E-state index contributed by atoms with van der Waals surface area (Å²) in [5.41, 5.74) is -0.806. The van der Waals surface area contributed by atoms with E-state index >= 15 is 0 Å². The summed E-state index contributed by atoms with van der Waals surface area (Å²) in [6, 6.07) is 6.52. The van der Waals surface area contributed by atoms with Crippen LogP contribution in [0.4, 0.5) is 18.9 Å². The lowest BCUT2D eigenvalue weighted by Gasteiger charge is -2.10. The van der Waals surface area contributed by atoms with Gasteiger partial charge in [-0.2, -0.15) is 13.2 Å². The fourth-order valence-electron chi connectivity index (χ4n) is 1.49. The molecule has 0 aliphatic rings. The lowest BCUT2D eigenvalue weighted by molar-refractivity contribution is -0.137. The molecule has 2 aromatic rings. The van der Waals surface area contributed by atoms with Crippen molar-refractivity contribution < 1.29 is 13.2 Å². The van der Waals surface area contributed by atoms with Gasteiger partial charge in [0.25, 0.3) is 0 Å². The van der Waals surface area contributed by atoms with Gasteiger partial charge in [-0.3, -0.25) is 4.98 Å². The summed E-state index contributed by atoms with van der Waals surface area (Å²) in [4.78, 5) is 7.62. The Balaban J connectivity index is 2.49. The van der Waals surface area contributed by atoms with E-state index in [4.69, 9.17) is 23.2 Å². The van der Waals surface area contributed by atoms with Crippen LogP contribution in [-0.2, 0) is 6.18 Å². The molecular weight excluding hydrogens is 312 g/mol. The summed E-state index contributed by atoms with van der Waals surface area (Å²) in [5.74, 6) is 0. The average molecular weight is 319 g/mol. The van der Waals surface area contributed by atoms with Gasteiger partial charge in [-0.25, -0.2) is 4.99 Å². The largest absolute Gasteiger partial charge is 0.418 e. The minimum Gasteiger partial charge on any atom is -0.264 e. The van der Waals surface area contributed by atoms with Crippen LogP contribution in [0.15, 0.2) is 47.7 Å². The molecule has 0 saturated carbocycles. The van der Waals surface area contributed by atoms with Crippen molar-refractivity contribution >= 4 is 34.1 Å². The Kier molecular flexibility index (Phi) is 4.30. The second-order valence-electron chi connectivity index (χ2n) is 3.80. The molecule has 0 N–H and O–H groups in total. The van der Waals surface area contributed by atoms with Crippen molar-refractivity contribution in [2.45, 2.75) is 6.18 Å². The van der Waals surface area contributed by atoms with Gasteiger partial charge in [0.1, 0.15) is 5.17 Å². The smallest absolute Gasteiger partial charge is 0.264 e. The molecule has 0 radical (unpaired) electrons. The molecule has 1 heterocycles. The quantitative estimate of drug-likeness (QED) is 0.709. The fraction of sp³-hybridized carbons (Fsp3) is 0.0769. The highest BCUT2D eigenvalue weighted by Crippen LogP contribution is 2.38. The van der Waals surface area contributed by atoms with Gasteiger partial charge < -0.3 is 0 Å². The third-order valence-corrected chi connectivity index (χ3v) is 2.92. The maximum absolute atomic E-state index is 12.9. The molecule has 0 amide bonds. The van der Waals surface area contributed by atoms with Gasteiger partial charge in [-0.05, 0) is 30.3 Å². The van der Waals surface area contributed by atoms with E-state index < -0.39 is 11.7 Å². The number of aliphatic imine (C=N–C) groups is 1. The molecule has 0 saturated heterocycles. The van der Waals surface area contributed by atoms with Gasteiger partial charge in [0.2, 0.25) is 0 Å². The fourth-order valence-corrected chi connectivity index (χ4v) is 1.86. The van der Waals surface area contributed by atoms with E-state index in [0.717, 1.165) is 6.07 Å². The third kappa shape index (κ3) is 3.49. The minimum atomic E-state index is -4.56. The van der Waals surface area contributed by atoms with Crippen molar-refractivity contribution in [1.82, 2.24) is 4.98 Å². The highest BCUT2D eigenvalue weighted by molar-refractivity contribution is 6.69. The molecule has 2 rings (SSSR count). The zero-order chi connectivity index (χ0) is 14.8. The standard InChI is InChI=1S/C13H7Cl2F3N2/c14-9-3-4-11(10(6-9)13(16,17)18)20-12(15)8-2-1-5-19-7-8/h1-7H. The van der Waals surface area contributed by atoms with Gasteiger partial charge in [0.05, 0.1) is 11.3 Å². The first kappa shape index (κ1) is 14.8. The van der Waals surface area contributed by atoms with E-state index in [-0.39, 0.29) is 15.9 Å². The number of rotatable bonds is 2. The Morgan fingerprint density at radius 1 is 1.20 bits per heavy atom. The molecule has 0 unspecified atom stereocenters. The Bertz CT molecular complexity index is 640. The van der Waals surface area contributed by atoms with Crippen LogP contribution in [0.1, 0.15) is 11.1 Å². The van der Waals surface area contributed by atoms with Crippen molar-refractivity contribution in [1.29, 1.82) is 0 Å². The highest BCUT2D eigenvalue weighted by Gasteiger charge is 2.33. The molecule has 0 aliphatic carbocycles. The van der Waals surface area contributed by atoms with Crippen LogP contribution in [0.25, 0.3) is 0 Å². The van der Waals surface area contributed by atoms with Gasteiger partial charge in [-0.15, -0.1) is 0 Å². The van der Waals surface area contributed by atoms with Crippen molar-refractivity contribution in [2.75, 3.05) is 0 Å². The molecule has 0 fully saturated rings. The van der Waals surface area contributed by atoms with Crippen molar-refractivity contribution in [3.8, 4) is 0 Å². The number of pyridine rings is 1. The molecule has 1 aromatic heterocycles. The van der Waals surface area contributed by atoms with Crippen LogP contribution >= 0.6 is 23.2 Å². The van der Waals surface area contributed by atoms with E-state index in [1.54, 1.807) is 12.1 Å². The number of nitrogens with zero attached hydrogens (tertiary/aromatic N) is 2. The maximum atomic E-state index is 12.9. The lowest BCUT2D eigenvalue weighted by Crippen LogP contribution is -2.05. The lowest BCUT2D eigenvalue weighted by atomic mass is 10.1. The molecule has 1 aromatic carbocycles. The van der Waals surface area contributed by atoms with E-state index in [9.17, 15) is 13.2 Å². The summed E-state index contributed by atoms with van der Waals surface area (Å²) < 4.78 is 38.7. The number of hydrogen-bond acceptors (Lipinski definition) is 2. The second kappa shape index (κ2) is 5.81. The van der Waals surface area contributed by atoms with E-state index in [1.165, 1.54) is 24.5 Å². The summed E-state index contributed by atoms with van der Waals surface area (Å²) in [6.45, 7) is 0. The number of alkyl halides is 3. The molecule has 0 aliphatic heterocycles. The van der Waals surface area contributed by atoms with Gasteiger partial charge in [0, 0.05) is 23.0 Å². The predicted molar refractivity (Wildman–Crippen MR) is 72.7 cm³/mol. The van der Waals surface area contributed by atoms with Crippen LogP contribution in [0, 0.1) is 0 Å². The number of halogens is 5. The zero-order valence-electron chi connectivity index (χ0n) is 9.83. The van der Waals surface area contributed by atoms with E-state index in [0.29, 0.717) is 5.56 Å². The van der Waals surface area contributed by atoms with Gasteiger partial charge in [0.15, 0.2) is 0 Å². The number of benzene rings is 1. The third-order valence-electron chi connectivity index (χ3n) is 2.38. The van der Waals surface area contributed by atoms with Crippen molar-refractivity contribution in [3.63, 3.8) is 0 Å². The van der Waals surface area contributed by atoms with Crippen LogP contribution in [0.5, 0.6) is 0 Å². The van der Waals surface area contributed by atoms with Gasteiger partial charge >= 0.3 is 6.18 Å². The zero-order valence-corrected chi connectivity index (χ0v) is 11.3. The Labute approximate surface area is 122 Å². The molecule has 0 spiro atoms. The summed E-state index contributed by atoms with van der Waals surface area (Å²) >= 11 is 11.5. The Morgan fingerprint density at radius 3 is 2.55 bits per heavy atom. The monoisotopic (exact) mass is 318 g/mol. The van der Waals surface area contributed by atoms with Gasteiger partial charge in [-0.1, -0.05) is 23.2 Å². The van der Waals surface area contributed by atoms with E-state index in [1.807, 2.05) is 0 Å². The van der Waals surface area contributed by atoms with Crippen LogP contribution < -0.4 is 0 Å². The Hall–Kier alpha value is -1.59. The topological polar surface area (TPSA) is 25.2 Å².